The second-order valence-corrected chi connectivity index (χ2v) is 4.39. The van der Waals surface area contributed by atoms with Crippen molar-refractivity contribution in [1.82, 2.24) is 0 Å². The zero-order chi connectivity index (χ0) is 13.0. The lowest BCUT2D eigenvalue weighted by molar-refractivity contribution is 0.212. The molecular formula is C16H18O2. The summed E-state index contributed by atoms with van der Waals surface area (Å²) in [6, 6.07) is 15.9. The summed E-state index contributed by atoms with van der Waals surface area (Å²) in [4.78, 5) is 0. The molecule has 0 bridgehead atoms. The average Bonchev–Trinajstić information content (AvgIpc) is 2.42. The zero-order valence-corrected chi connectivity index (χ0v) is 10.8. The number of hydrogen-bond donors (Lipinski definition) is 1. The number of aryl methyl sites for hydroxylation is 1. The van der Waals surface area contributed by atoms with Gasteiger partial charge in [0, 0.05) is 5.56 Å². The average molecular weight is 242 g/mol. The Morgan fingerprint density at radius 1 is 1.06 bits per heavy atom. The molecule has 0 fully saturated rings. The van der Waals surface area contributed by atoms with E-state index in [1.54, 1.807) is 0 Å². The fourth-order valence-corrected chi connectivity index (χ4v) is 1.98. The van der Waals surface area contributed by atoms with E-state index in [1.807, 2.05) is 62.4 Å². The molecule has 2 aromatic carbocycles. The third-order valence-electron chi connectivity index (χ3n) is 3.03. The van der Waals surface area contributed by atoms with Gasteiger partial charge in [-0.1, -0.05) is 48.5 Å². The Kier molecular flexibility index (Phi) is 4.00. The van der Waals surface area contributed by atoms with Gasteiger partial charge in [-0.3, -0.25) is 0 Å². The van der Waals surface area contributed by atoms with Crippen molar-refractivity contribution in [2.75, 3.05) is 0 Å². The molecule has 0 heterocycles. The molecule has 2 heteroatoms. The smallest absolute Gasteiger partial charge is 0.128 e. The number of hydrogen-bond acceptors (Lipinski definition) is 2. The number of rotatable bonds is 4. The molecule has 0 aliphatic carbocycles. The summed E-state index contributed by atoms with van der Waals surface area (Å²) in [5.74, 6) is 0.788. The van der Waals surface area contributed by atoms with E-state index in [2.05, 4.69) is 0 Å². The van der Waals surface area contributed by atoms with Crippen molar-refractivity contribution >= 4 is 0 Å². The minimum absolute atomic E-state index is 0.00147. The summed E-state index contributed by atoms with van der Waals surface area (Å²) in [7, 11) is 0. The summed E-state index contributed by atoms with van der Waals surface area (Å²) in [6.07, 6.45) is -0.0300. The Morgan fingerprint density at radius 3 is 2.44 bits per heavy atom. The third-order valence-corrected chi connectivity index (χ3v) is 3.03. The zero-order valence-electron chi connectivity index (χ0n) is 10.8. The van der Waals surface area contributed by atoms with E-state index in [1.165, 1.54) is 0 Å². The molecule has 0 aromatic heterocycles. The molecule has 18 heavy (non-hydrogen) atoms. The lowest BCUT2D eigenvalue weighted by Gasteiger charge is -2.19. The summed E-state index contributed by atoms with van der Waals surface area (Å²) in [5, 5.41) is 9.35. The maximum absolute atomic E-state index is 9.35. The SMILES string of the molecule is Cc1cccc(CO)c1OC(C)c1ccccc1. The Balaban J connectivity index is 2.24. The minimum atomic E-state index is -0.0300. The Labute approximate surface area is 108 Å². The minimum Gasteiger partial charge on any atom is -0.485 e. The van der Waals surface area contributed by atoms with Crippen LogP contribution in [0.1, 0.15) is 29.7 Å². The molecule has 1 N–H and O–H groups in total. The molecule has 2 rings (SSSR count). The third kappa shape index (κ3) is 2.71. The number of para-hydroxylation sites is 1. The van der Waals surface area contributed by atoms with Gasteiger partial charge in [0.25, 0.3) is 0 Å². The van der Waals surface area contributed by atoms with Crippen LogP contribution in [0.15, 0.2) is 48.5 Å². The Bertz CT molecular complexity index is 506. The van der Waals surface area contributed by atoms with Crippen LogP contribution >= 0.6 is 0 Å². The topological polar surface area (TPSA) is 29.5 Å². The van der Waals surface area contributed by atoms with Crippen LogP contribution in [0.25, 0.3) is 0 Å². The molecule has 0 radical (unpaired) electrons. The summed E-state index contributed by atoms with van der Waals surface area (Å²) >= 11 is 0. The van der Waals surface area contributed by atoms with E-state index >= 15 is 0 Å². The quantitative estimate of drug-likeness (QED) is 0.887. The molecule has 0 amide bonds. The van der Waals surface area contributed by atoms with E-state index in [0.29, 0.717) is 0 Å². The number of aliphatic hydroxyl groups is 1. The van der Waals surface area contributed by atoms with Gasteiger partial charge >= 0.3 is 0 Å². The Morgan fingerprint density at radius 2 is 1.78 bits per heavy atom. The van der Waals surface area contributed by atoms with Crippen molar-refractivity contribution in [3.63, 3.8) is 0 Å². The first-order valence-electron chi connectivity index (χ1n) is 6.13. The fourth-order valence-electron chi connectivity index (χ4n) is 1.98. The van der Waals surface area contributed by atoms with Crippen LogP contribution in [0.5, 0.6) is 5.75 Å². The lowest BCUT2D eigenvalue weighted by atomic mass is 10.1. The van der Waals surface area contributed by atoms with Crippen molar-refractivity contribution in [2.24, 2.45) is 0 Å². The van der Waals surface area contributed by atoms with Crippen LogP contribution in [0.2, 0.25) is 0 Å². The highest BCUT2D eigenvalue weighted by Crippen LogP contribution is 2.28. The number of ether oxygens (including phenoxy) is 1. The van der Waals surface area contributed by atoms with Crippen molar-refractivity contribution < 1.29 is 9.84 Å². The predicted octanol–water partition coefficient (Wildman–Crippen LogP) is 3.63. The molecule has 0 saturated heterocycles. The molecule has 2 aromatic rings. The normalized spacial score (nSPS) is 12.2. The van der Waals surface area contributed by atoms with Crippen LogP contribution in [0, 0.1) is 6.92 Å². The van der Waals surface area contributed by atoms with Gasteiger partial charge in [-0.15, -0.1) is 0 Å². The molecule has 0 aliphatic heterocycles. The molecule has 2 nitrogen and oxygen atoms in total. The standard InChI is InChI=1S/C16H18O2/c1-12-7-6-10-15(11-17)16(12)18-13(2)14-8-4-3-5-9-14/h3-10,13,17H,11H2,1-2H3. The molecular weight excluding hydrogens is 224 g/mol. The summed E-state index contributed by atoms with van der Waals surface area (Å²) in [6.45, 7) is 4.01. The van der Waals surface area contributed by atoms with E-state index < -0.39 is 0 Å². The fraction of sp³-hybridized carbons (Fsp3) is 0.250. The van der Waals surface area contributed by atoms with E-state index in [-0.39, 0.29) is 12.7 Å². The Hall–Kier alpha value is -1.80. The summed E-state index contributed by atoms with van der Waals surface area (Å²) < 4.78 is 5.99. The van der Waals surface area contributed by atoms with Crippen LogP contribution in [-0.2, 0) is 6.61 Å². The van der Waals surface area contributed by atoms with E-state index in [0.717, 1.165) is 22.4 Å². The molecule has 0 aliphatic rings. The van der Waals surface area contributed by atoms with Crippen molar-refractivity contribution in [3.05, 3.63) is 65.2 Å². The van der Waals surface area contributed by atoms with E-state index in [4.69, 9.17) is 4.74 Å². The van der Waals surface area contributed by atoms with Gasteiger partial charge in [0.1, 0.15) is 11.9 Å². The second-order valence-electron chi connectivity index (χ2n) is 4.39. The number of benzene rings is 2. The van der Waals surface area contributed by atoms with E-state index in [9.17, 15) is 5.11 Å². The highest BCUT2D eigenvalue weighted by atomic mass is 16.5. The molecule has 1 unspecified atom stereocenters. The second kappa shape index (κ2) is 5.69. The van der Waals surface area contributed by atoms with Crippen LogP contribution < -0.4 is 4.74 Å². The molecule has 1 atom stereocenters. The van der Waals surface area contributed by atoms with Gasteiger partial charge in [0.2, 0.25) is 0 Å². The summed E-state index contributed by atoms with van der Waals surface area (Å²) in [5.41, 5.74) is 3.01. The van der Waals surface area contributed by atoms with Gasteiger partial charge < -0.3 is 9.84 Å². The largest absolute Gasteiger partial charge is 0.485 e. The van der Waals surface area contributed by atoms with Gasteiger partial charge in [-0.05, 0) is 25.0 Å². The van der Waals surface area contributed by atoms with Gasteiger partial charge in [-0.2, -0.15) is 0 Å². The van der Waals surface area contributed by atoms with Crippen molar-refractivity contribution in [3.8, 4) is 5.75 Å². The molecule has 94 valence electrons. The molecule has 0 saturated carbocycles. The predicted molar refractivity (Wildman–Crippen MR) is 72.6 cm³/mol. The van der Waals surface area contributed by atoms with Gasteiger partial charge in [-0.25, -0.2) is 0 Å². The number of aliphatic hydroxyl groups excluding tert-OH is 1. The maximum atomic E-state index is 9.35. The van der Waals surface area contributed by atoms with Gasteiger partial charge in [0.15, 0.2) is 0 Å². The molecule has 0 spiro atoms. The van der Waals surface area contributed by atoms with Crippen LogP contribution in [-0.4, -0.2) is 5.11 Å². The highest BCUT2D eigenvalue weighted by molar-refractivity contribution is 5.40. The first-order valence-corrected chi connectivity index (χ1v) is 6.13. The highest BCUT2D eigenvalue weighted by Gasteiger charge is 2.11. The maximum Gasteiger partial charge on any atom is 0.128 e. The van der Waals surface area contributed by atoms with Crippen molar-refractivity contribution in [1.29, 1.82) is 0 Å². The first-order chi connectivity index (χ1) is 8.72. The van der Waals surface area contributed by atoms with Crippen molar-refractivity contribution in [2.45, 2.75) is 26.6 Å². The lowest BCUT2D eigenvalue weighted by Crippen LogP contribution is -2.06. The first kappa shape index (κ1) is 12.7. The van der Waals surface area contributed by atoms with Crippen LogP contribution in [0.4, 0.5) is 0 Å². The van der Waals surface area contributed by atoms with Crippen LogP contribution in [0.3, 0.4) is 0 Å². The van der Waals surface area contributed by atoms with Gasteiger partial charge in [0.05, 0.1) is 6.61 Å². The monoisotopic (exact) mass is 242 g/mol.